The summed E-state index contributed by atoms with van der Waals surface area (Å²) < 4.78 is 5.30. The van der Waals surface area contributed by atoms with Gasteiger partial charge in [-0.3, -0.25) is 0 Å². The Morgan fingerprint density at radius 2 is 1.95 bits per heavy atom. The summed E-state index contributed by atoms with van der Waals surface area (Å²) in [6, 6.07) is 14.6. The number of nitrogens with one attached hydrogen (secondary N) is 1. The van der Waals surface area contributed by atoms with Gasteiger partial charge in [0.05, 0.1) is 7.11 Å². The van der Waals surface area contributed by atoms with Crippen LogP contribution in [0, 0.1) is 6.92 Å². The topological polar surface area (TPSA) is 21.3 Å². The highest BCUT2D eigenvalue weighted by atomic mass is 35.5. The molecule has 2 nitrogen and oxygen atoms in total. The number of ether oxygens (including phenoxy) is 1. The Balaban J connectivity index is 2.28. The van der Waals surface area contributed by atoms with Crippen LogP contribution in [0.15, 0.2) is 42.5 Å². The van der Waals surface area contributed by atoms with Crippen molar-refractivity contribution in [2.75, 3.05) is 13.7 Å². The van der Waals surface area contributed by atoms with Gasteiger partial charge in [-0.2, -0.15) is 0 Å². The number of likely N-dealkylation sites (N-methyl/N-ethyl adjacent to an activating group) is 1. The lowest BCUT2D eigenvalue weighted by molar-refractivity contribution is 0.414. The Kier molecular flexibility index (Phi) is 5.66. The van der Waals surface area contributed by atoms with Gasteiger partial charge >= 0.3 is 0 Å². The first-order valence-corrected chi connectivity index (χ1v) is 7.64. The summed E-state index contributed by atoms with van der Waals surface area (Å²) in [4.78, 5) is 0. The van der Waals surface area contributed by atoms with Crippen molar-refractivity contribution in [2.24, 2.45) is 0 Å². The van der Waals surface area contributed by atoms with Crippen LogP contribution >= 0.6 is 11.6 Å². The Morgan fingerprint density at radius 3 is 2.67 bits per heavy atom. The number of rotatable bonds is 6. The summed E-state index contributed by atoms with van der Waals surface area (Å²) in [5.74, 6) is 0.887. The van der Waals surface area contributed by atoms with Crippen molar-refractivity contribution >= 4 is 11.6 Å². The average Bonchev–Trinajstić information content (AvgIpc) is 2.50. The van der Waals surface area contributed by atoms with Crippen LogP contribution in [0.25, 0.3) is 0 Å². The minimum Gasteiger partial charge on any atom is -0.497 e. The molecule has 1 atom stereocenters. The first kappa shape index (κ1) is 15.9. The third-order valence-electron chi connectivity index (χ3n) is 3.62. The van der Waals surface area contributed by atoms with E-state index in [0.29, 0.717) is 0 Å². The van der Waals surface area contributed by atoms with Gasteiger partial charge < -0.3 is 10.1 Å². The molecule has 2 rings (SSSR count). The van der Waals surface area contributed by atoms with Crippen LogP contribution in [0.2, 0.25) is 5.02 Å². The normalized spacial score (nSPS) is 12.2. The van der Waals surface area contributed by atoms with Gasteiger partial charge in [-0.15, -0.1) is 0 Å². The molecule has 0 heterocycles. The summed E-state index contributed by atoms with van der Waals surface area (Å²) in [6.07, 6.45) is 0.883. The zero-order valence-electron chi connectivity index (χ0n) is 12.8. The van der Waals surface area contributed by atoms with Crippen LogP contribution in [0.5, 0.6) is 5.75 Å². The van der Waals surface area contributed by atoms with Gasteiger partial charge in [0.25, 0.3) is 0 Å². The first-order chi connectivity index (χ1) is 10.2. The fourth-order valence-corrected chi connectivity index (χ4v) is 2.77. The average molecular weight is 304 g/mol. The zero-order valence-corrected chi connectivity index (χ0v) is 13.6. The van der Waals surface area contributed by atoms with Gasteiger partial charge in [-0.05, 0) is 48.7 Å². The second-order valence-corrected chi connectivity index (χ2v) is 5.52. The Labute approximate surface area is 132 Å². The van der Waals surface area contributed by atoms with Gasteiger partial charge in [0, 0.05) is 11.1 Å². The van der Waals surface area contributed by atoms with Crippen molar-refractivity contribution in [3.8, 4) is 5.75 Å². The van der Waals surface area contributed by atoms with E-state index >= 15 is 0 Å². The number of methoxy groups -OCH3 is 1. The summed E-state index contributed by atoms with van der Waals surface area (Å²) in [5.41, 5.74) is 3.50. The summed E-state index contributed by atoms with van der Waals surface area (Å²) >= 11 is 6.48. The minimum absolute atomic E-state index is 0.203. The maximum Gasteiger partial charge on any atom is 0.119 e. The predicted octanol–water partition coefficient (Wildman–Crippen LogP) is 4.55. The second-order valence-electron chi connectivity index (χ2n) is 5.14. The lowest BCUT2D eigenvalue weighted by atomic mass is 9.97. The summed E-state index contributed by atoms with van der Waals surface area (Å²) in [6.45, 7) is 5.06. The molecule has 0 amide bonds. The van der Waals surface area contributed by atoms with Crippen LogP contribution in [-0.2, 0) is 6.42 Å². The van der Waals surface area contributed by atoms with Gasteiger partial charge in [-0.1, -0.05) is 48.9 Å². The van der Waals surface area contributed by atoms with Gasteiger partial charge in [0.15, 0.2) is 0 Å². The van der Waals surface area contributed by atoms with Crippen molar-refractivity contribution in [3.05, 3.63) is 64.2 Å². The van der Waals surface area contributed by atoms with Crippen molar-refractivity contribution in [3.63, 3.8) is 0 Å². The number of benzene rings is 2. The van der Waals surface area contributed by atoms with Gasteiger partial charge in [0.2, 0.25) is 0 Å². The van der Waals surface area contributed by atoms with Crippen LogP contribution in [0.3, 0.4) is 0 Å². The third kappa shape index (κ3) is 3.99. The quantitative estimate of drug-likeness (QED) is 0.845. The highest BCUT2D eigenvalue weighted by molar-refractivity contribution is 6.32. The molecule has 1 N–H and O–H groups in total. The standard InChI is InChI=1S/C18H22ClNO/c1-4-20-17(16-10-5-7-13(2)18(16)19)12-14-8-6-9-15(11-14)21-3/h5-11,17,20H,4,12H2,1-3H3. The minimum atomic E-state index is 0.203. The number of halogens is 1. The molecule has 112 valence electrons. The van der Waals surface area contributed by atoms with E-state index in [4.69, 9.17) is 16.3 Å². The van der Waals surface area contributed by atoms with E-state index in [-0.39, 0.29) is 6.04 Å². The molecule has 0 bridgehead atoms. The third-order valence-corrected chi connectivity index (χ3v) is 4.14. The van der Waals surface area contributed by atoms with E-state index in [1.54, 1.807) is 7.11 Å². The number of hydrogen-bond acceptors (Lipinski definition) is 2. The van der Waals surface area contributed by atoms with E-state index in [2.05, 4.69) is 36.5 Å². The van der Waals surface area contributed by atoms with Crippen LogP contribution < -0.4 is 10.1 Å². The molecule has 0 aliphatic rings. The molecule has 21 heavy (non-hydrogen) atoms. The van der Waals surface area contributed by atoms with Crippen LogP contribution in [0.1, 0.15) is 29.7 Å². The molecule has 0 aromatic heterocycles. The molecular weight excluding hydrogens is 282 g/mol. The maximum atomic E-state index is 6.48. The van der Waals surface area contributed by atoms with Crippen molar-refractivity contribution < 1.29 is 4.74 Å². The molecule has 0 spiro atoms. The Morgan fingerprint density at radius 1 is 1.19 bits per heavy atom. The SMILES string of the molecule is CCNC(Cc1cccc(OC)c1)c1cccc(C)c1Cl. The Hall–Kier alpha value is -1.51. The highest BCUT2D eigenvalue weighted by Crippen LogP contribution is 2.29. The lowest BCUT2D eigenvalue weighted by Crippen LogP contribution is -2.23. The molecule has 0 radical (unpaired) electrons. The molecule has 2 aromatic rings. The van der Waals surface area contributed by atoms with Crippen molar-refractivity contribution in [1.29, 1.82) is 0 Å². The molecular formula is C18H22ClNO. The smallest absolute Gasteiger partial charge is 0.119 e. The summed E-state index contributed by atoms with van der Waals surface area (Å²) in [7, 11) is 1.69. The fraction of sp³-hybridized carbons (Fsp3) is 0.333. The lowest BCUT2D eigenvalue weighted by Gasteiger charge is -2.21. The van der Waals surface area contributed by atoms with E-state index in [0.717, 1.165) is 34.9 Å². The molecule has 1 unspecified atom stereocenters. The molecule has 2 aromatic carbocycles. The largest absolute Gasteiger partial charge is 0.497 e. The molecule has 3 heteroatoms. The van der Waals surface area contributed by atoms with Gasteiger partial charge in [0.1, 0.15) is 5.75 Å². The monoisotopic (exact) mass is 303 g/mol. The molecule has 0 saturated heterocycles. The van der Waals surface area contributed by atoms with E-state index < -0.39 is 0 Å². The maximum absolute atomic E-state index is 6.48. The molecule has 0 saturated carbocycles. The molecule has 0 aliphatic heterocycles. The molecule has 0 aliphatic carbocycles. The van der Waals surface area contributed by atoms with Crippen molar-refractivity contribution in [2.45, 2.75) is 26.3 Å². The Bertz CT molecular complexity index is 598. The highest BCUT2D eigenvalue weighted by Gasteiger charge is 2.15. The first-order valence-electron chi connectivity index (χ1n) is 7.27. The fourth-order valence-electron chi connectivity index (χ4n) is 2.51. The second kappa shape index (κ2) is 7.48. The van der Waals surface area contributed by atoms with E-state index in [1.807, 2.05) is 25.1 Å². The van der Waals surface area contributed by atoms with E-state index in [9.17, 15) is 0 Å². The van der Waals surface area contributed by atoms with E-state index in [1.165, 1.54) is 5.56 Å². The van der Waals surface area contributed by atoms with Crippen molar-refractivity contribution in [1.82, 2.24) is 5.32 Å². The van der Waals surface area contributed by atoms with Crippen LogP contribution in [0.4, 0.5) is 0 Å². The molecule has 0 fully saturated rings. The summed E-state index contributed by atoms with van der Waals surface area (Å²) in [5, 5.41) is 4.38. The number of aryl methyl sites for hydroxylation is 1. The number of hydrogen-bond donors (Lipinski definition) is 1. The zero-order chi connectivity index (χ0) is 15.2. The van der Waals surface area contributed by atoms with Gasteiger partial charge in [-0.25, -0.2) is 0 Å². The van der Waals surface area contributed by atoms with Crippen LogP contribution in [-0.4, -0.2) is 13.7 Å². The predicted molar refractivity (Wildman–Crippen MR) is 89.3 cm³/mol.